The SMILES string of the molecule is CCOC(=O)C1CCCN(C(=O)Cn2c(=O)c3ccccc3n3c(=S)sc(-c4ccccc4F)c23)C1. The van der Waals surface area contributed by atoms with Gasteiger partial charge >= 0.3 is 5.97 Å². The fourth-order valence-electron chi connectivity index (χ4n) is 4.77. The predicted octanol–water partition coefficient (Wildman–Crippen LogP) is 4.65. The zero-order valence-corrected chi connectivity index (χ0v) is 21.2. The van der Waals surface area contributed by atoms with E-state index in [0.717, 1.165) is 0 Å². The van der Waals surface area contributed by atoms with Crippen LogP contribution in [0.25, 0.3) is 27.0 Å². The average molecular weight is 526 g/mol. The van der Waals surface area contributed by atoms with E-state index in [2.05, 4.69) is 0 Å². The van der Waals surface area contributed by atoms with Crippen LogP contribution >= 0.6 is 23.6 Å². The Balaban J connectivity index is 1.64. The topological polar surface area (TPSA) is 73.0 Å². The lowest BCUT2D eigenvalue weighted by molar-refractivity contribution is -0.151. The third kappa shape index (κ3) is 4.24. The van der Waals surface area contributed by atoms with Crippen LogP contribution in [0.4, 0.5) is 4.39 Å². The number of amides is 1. The lowest BCUT2D eigenvalue weighted by Gasteiger charge is -2.31. The highest BCUT2D eigenvalue weighted by Crippen LogP contribution is 2.34. The summed E-state index contributed by atoms with van der Waals surface area (Å²) in [5, 5.41) is 0.412. The predicted molar refractivity (Wildman–Crippen MR) is 139 cm³/mol. The maximum atomic E-state index is 14.9. The molecule has 1 aliphatic rings. The van der Waals surface area contributed by atoms with Crippen LogP contribution in [0.1, 0.15) is 19.8 Å². The van der Waals surface area contributed by atoms with E-state index < -0.39 is 5.82 Å². The second kappa shape index (κ2) is 9.94. The molecule has 3 heterocycles. The Labute approximate surface area is 215 Å². The first kappa shape index (κ1) is 24.3. The summed E-state index contributed by atoms with van der Waals surface area (Å²) in [5.74, 6) is -1.44. The third-order valence-corrected chi connectivity index (χ3v) is 7.87. The highest BCUT2D eigenvalue weighted by Gasteiger charge is 2.30. The van der Waals surface area contributed by atoms with E-state index in [1.165, 1.54) is 22.0 Å². The largest absolute Gasteiger partial charge is 0.466 e. The van der Waals surface area contributed by atoms with E-state index in [-0.39, 0.29) is 43.1 Å². The molecule has 1 unspecified atom stereocenters. The fraction of sp³-hybridized carbons (Fsp3) is 0.308. The van der Waals surface area contributed by atoms with E-state index in [0.29, 0.717) is 50.3 Å². The van der Waals surface area contributed by atoms with Crippen LogP contribution < -0.4 is 5.56 Å². The molecule has 1 fully saturated rings. The number of carbonyl (C=O) groups is 2. The molecule has 36 heavy (non-hydrogen) atoms. The molecule has 10 heteroatoms. The van der Waals surface area contributed by atoms with Crippen LogP contribution in [0.5, 0.6) is 0 Å². The number of likely N-dealkylation sites (tertiary alicyclic amines) is 1. The number of para-hydroxylation sites is 1. The number of piperidine rings is 1. The summed E-state index contributed by atoms with van der Waals surface area (Å²) in [7, 11) is 0. The number of nitrogens with zero attached hydrogens (tertiary/aromatic N) is 3. The van der Waals surface area contributed by atoms with Crippen LogP contribution in [0, 0.1) is 15.7 Å². The Hall–Kier alpha value is -3.37. The summed E-state index contributed by atoms with van der Waals surface area (Å²) < 4.78 is 23.6. The Morgan fingerprint density at radius 3 is 2.69 bits per heavy atom. The lowest BCUT2D eigenvalue weighted by atomic mass is 9.98. The molecule has 0 bridgehead atoms. The van der Waals surface area contributed by atoms with Crippen LogP contribution in [-0.2, 0) is 20.9 Å². The molecule has 0 spiro atoms. The van der Waals surface area contributed by atoms with E-state index >= 15 is 0 Å². The van der Waals surface area contributed by atoms with Crippen molar-refractivity contribution in [2.75, 3.05) is 19.7 Å². The smallest absolute Gasteiger partial charge is 0.310 e. The summed E-state index contributed by atoms with van der Waals surface area (Å²) >= 11 is 6.85. The number of hydrogen-bond donors (Lipinski definition) is 0. The monoisotopic (exact) mass is 525 g/mol. The Morgan fingerprint density at radius 1 is 1.17 bits per heavy atom. The van der Waals surface area contributed by atoms with Gasteiger partial charge in [-0.25, -0.2) is 4.39 Å². The molecule has 186 valence electrons. The van der Waals surface area contributed by atoms with Gasteiger partial charge in [0.15, 0.2) is 3.95 Å². The number of fused-ring (bicyclic) bond motifs is 3. The minimum absolute atomic E-state index is 0.242. The first-order valence-corrected chi connectivity index (χ1v) is 13.0. The summed E-state index contributed by atoms with van der Waals surface area (Å²) in [6.45, 7) is 2.51. The van der Waals surface area contributed by atoms with Crippen molar-refractivity contribution in [3.05, 3.63) is 68.7 Å². The molecule has 4 aromatic rings. The van der Waals surface area contributed by atoms with Gasteiger partial charge in [0.25, 0.3) is 5.56 Å². The molecule has 2 aromatic heterocycles. The van der Waals surface area contributed by atoms with Crippen LogP contribution in [0.3, 0.4) is 0 Å². The molecule has 1 aliphatic heterocycles. The molecule has 0 radical (unpaired) electrons. The fourth-order valence-corrected chi connectivity index (χ4v) is 6.23. The minimum Gasteiger partial charge on any atom is -0.466 e. The maximum Gasteiger partial charge on any atom is 0.310 e. The van der Waals surface area contributed by atoms with Crippen LogP contribution in [-0.4, -0.2) is 45.4 Å². The molecule has 7 nitrogen and oxygen atoms in total. The summed E-state index contributed by atoms with van der Waals surface area (Å²) in [6.07, 6.45) is 1.32. The number of carbonyl (C=O) groups excluding carboxylic acids is 2. The number of esters is 1. The van der Waals surface area contributed by atoms with Crippen molar-refractivity contribution >= 4 is 52.0 Å². The number of hydrogen-bond acceptors (Lipinski definition) is 6. The van der Waals surface area contributed by atoms with Crippen LogP contribution in [0.2, 0.25) is 0 Å². The van der Waals surface area contributed by atoms with Gasteiger partial charge < -0.3 is 9.64 Å². The van der Waals surface area contributed by atoms with Gasteiger partial charge in [-0.15, -0.1) is 11.3 Å². The third-order valence-electron chi connectivity index (χ3n) is 6.47. The second-order valence-corrected chi connectivity index (χ2v) is 10.3. The summed E-state index contributed by atoms with van der Waals surface area (Å²) in [6, 6.07) is 13.3. The van der Waals surface area contributed by atoms with Gasteiger partial charge in [-0.1, -0.05) is 30.3 Å². The van der Waals surface area contributed by atoms with Gasteiger partial charge in [0.05, 0.1) is 28.3 Å². The van der Waals surface area contributed by atoms with Crippen molar-refractivity contribution in [3.8, 4) is 10.4 Å². The van der Waals surface area contributed by atoms with Crippen molar-refractivity contribution in [1.82, 2.24) is 13.9 Å². The van der Waals surface area contributed by atoms with Gasteiger partial charge in [0, 0.05) is 18.7 Å². The van der Waals surface area contributed by atoms with E-state index in [9.17, 15) is 18.8 Å². The zero-order valence-electron chi connectivity index (χ0n) is 19.6. The molecule has 5 rings (SSSR count). The molecule has 0 N–H and O–H groups in total. The molecule has 2 aromatic carbocycles. The molecular formula is C26H24FN3O4S2. The maximum absolute atomic E-state index is 14.9. The molecular weight excluding hydrogens is 501 g/mol. The lowest BCUT2D eigenvalue weighted by Crippen LogP contribution is -2.45. The second-order valence-electron chi connectivity index (χ2n) is 8.68. The average Bonchev–Trinajstić information content (AvgIpc) is 3.23. The number of aromatic nitrogens is 2. The van der Waals surface area contributed by atoms with Gasteiger partial charge in [-0.2, -0.15) is 0 Å². The van der Waals surface area contributed by atoms with E-state index in [4.69, 9.17) is 17.0 Å². The van der Waals surface area contributed by atoms with Crippen molar-refractivity contribution in [3.63, 3.8) is 0 Å². The van der Waals surface area contributed by atoms with E-state index in [1.807, 2.05) is 6.07 Å². The Bertz CT molecular complexity index is 1610. The molecule has 1 saturated heterocycles. The van der Waals surface area contributed by atoms with Gasteiger partial charge in [-0.3, -0.25) is 23.4 Å². The summed E-state index contributed by atoms with van der Waals surface area (Å²) in [5.41, 5.74) is 0.937. The summed E-state index contributed by atoms with van der Waals surface area (Å²) in [4.78, 5) is 41.5. The number of halogens is 1. The number of benzene rings is 2. The Morgan fingerprint density at radius 2 is 1.92 bits per heavy atom. The highest BCUT2D eigenvalue weighted by atomic mass is 32.1. The minimum atomic E-state index is -0.442. The standard InChI is InChI=1S/C26H24FN3O4S2/c1-2-34-25(33)16-8-7-13-28(14-16)21(31)15-29-23-22(17-9-3-5-11-19(17)27)36-26(35)30(23)20-12-6-4-10-18(20)24(29)32/h3-6,9-12,16H,2,7-8,13-15H2,1H3. The quantitative estimate of drug-likeness (QED) is 0.280. The number of rotatable bonds is 5. The Kier molecular flexibility index (Phi) is 6.72. The zero-order chi connectivity index (χ0) is 25.4. The van der Waals surface area contributed by atoms with Crippen molar-refractivity contribution in [2.45, 2.75) is 26.3 Å². The number of ether oxygens (including phenoxy) is 1. The van der Waals surface area contributed by atoms with Gasteiger partial charge in [0.1, 0.15) is 18.0 Å². The molecule has 0 aliphatic carbocycles. The first-order valence-electron chi connectivity index (χ1n) is 11.8. The van der Waals surface area contributed by atoms with Crippen molar-refractivity contribution < 1.29 is 18.7 Å². The van der Waals surface area contributed by atoms with E-state index in [1.54, 1.807) is 52.6 Å². The molecule has 1 atom stereocenters. The molecule has 0 saturated carbocycles. The normalized spacial score (nSPS) is 15.9. The van der Waals surface area contributed by atoms with Gasteiger partial charge in [-0.05, 0) is 50.2 Å². The van der Waals surface area contributed by atoms with Crippen molar-refractivity contribution in [1.29, 1.82) is 0 Å². The van der Waals surface area contributed by atoms with Gasteiger partial charge in [0.2, 0.25) is 5.91 Å². The number of thiazole rings is 1. The van der Waals surface area contributed by atoms with Crippen molar-refractivity contribution in [2.24, 2.45) is 5.92 Å². The first-order chi connectivity index (χ1) is 17.4. The highest BCUT2D eigenvalue weighted by molar-refractivity contribution is 7.73. The van der Waals surface area contributed by atoms with Crippen LogP contribution in [0.15, 0.2) is 53.3 Å². The molecule has 1 amide bonds.